The minimum absolute atomic E-state index is 0.292. The van der Waals surface area contributed by atoms with E-state index < -0.39 is 14.8 Å². The molecule has 0 amide bonds. The molecule has 0 bridgehead atoms. The maximum atomic E-state index is 12.2. The first-order chi connectivity index (χ1) is 9.25. The molecule has 5 nitrogen and oxygen atoms in total. The van der Waals surface area contributed by atoms with Crippen LogP contribution in [0.5, 0.6) is 0 Å². The summed E-state index contributed by atoms with van der Waals surface area (Å²) in [5, 5.41) is 0. The van der Waals surface area contributed by atoms with Crippen molar-refractivity contribution < 1.29 is 8.42 Å². The molecule has 1 unspecified atom stereocenters. The van der Waals surface area contributed by atoms with Crippen LogP contribution < -0.4 is 4.72 Å². The van der Waals surface area contributed by atoms with Crippen LogP contribution in [0.3, 0.4) is 0 Å². The highest BCUT2D eigenvalue weighted by Crippen LogP contribution is 2.42. The van der Waals surface area contributed by atoms with Gasteiger partial charge in [-0.05, 0) is 32.7 Å². The third kappa shape index (κ3) is 3.53. The molecule has 1 heterocycles. The number of likely N-dealkylation sites (N-methyl/N-ethyl adjacent to an activating group) is 1. The predicted molar refractivity (Wildman–Crippen MR) is 82.3 cm³/mol. The largest absolute Gasteiger partial charge is 0.304 e. The van der Waals surface area contributed by atoms with E-state index in [0.717, 1.165) is 39.0 Å². The lowest BCUT2D eigenvalue weighted by atomic mass is 10.0. The van der Waals surface area contributed by atoms with Crippen LogP contribution in [0.25, 0.3) is 0 Å². The lowest BCUT2D eigenvalue weighted by Gasteiger charge is -2.40. The summed E-state index contributed by atoms with van der Waals surface area (Å²) in [5.41, 5.74) is 0. The van der Waals surface area contributed by atoms with Gasteiger partial charge in [0, 0.05) is 38.8 Å². The van der Waals surface area contributed by atoms with Gasteiger partial charge in [0.15, 0.2) is 0 Å². The molecule has 118 valence electrons. The summed E-state index contributed by atoms with van der Waals surface area (Å²) in [7, 11) is -1.01. The van der Waals surface area contributed by atoms with Crippen LogP contribution in [0.4, 0.5) is 0 Å². The Morgan fingerprint density at radius 3 is 2.15 bits per heavy atom. The second kappa shape index (κ2) is 5.91. The Balaban J connectivity index is 1.93. The van der Waals surface area contributed by atoms with Gasteiger partial charge >= 0.3 is 0 Å². The summed E-state index contributed by atoms with van der Waals surface area (Å²) in [6.07, 6.45) is 1.59. The van der Waals surface area contributed by atoms with E-state index in [-0.39, 0.29) is 0 Å². The van der Waals surface area contributed by atoms with Gasteiger partial charge in [-0.1, -0.05) is 13.8 Å². The van der Waals surface area contributed by atoms with Crippen molar-refractivity contribution in [3.8, 4) is 0 Å². The van der Waals surface area contributed by atoms with Crippen molar-refractivity contribution in [2.45, 2.75) is 44.4 Å². The average Bonchev–Trinajstić information content (AvgIpc) is 3.11. The fourth-order valence-electron chi connectivity index (χ4n) is 2.75. The zero-order valence-electron chi connectivity index (χ0n) is 13.2. The second-order valence-electron chi connectivity index (χ2n) is 6.95. The normalized spacial score (nSPS) is 25.9. The Labute approximate surface area is 123 Å². The first-order valence-electron chi connectivity index (χ1n) is 7.67. The Bertz CT molecular complexity index is 424. The first kappa shape index (κ1) is 16.2. The van der Waals surface area contributed by atoms with Crippen molar-refractivity contribution in [2.75, 3.05) is 39.8 Å². The van der Waals surface area contributed by atoms with Gasteiger partial charge in [-0.3, -0.25) is 4.90 Å². The highest BCUT2D eigenvalue weighted by atomic mass is 32.2. The molecule has 0 aromatic heterocycles. The number of rotatable bonds is 6. The number of nitrogens with zero attached hydrogens (tertiary/aromatic N) is 2. The molecule has 0 aromatic rings. The van der Waals surface area contributed by atoms with Crippen molar-refractivity contribution >= 4 is 10.0 Å². The molecule has 1 saturated carbocycles. The Hall–Kier alpha value is -0.170. The summed E-state index contributed by atoms with van der Waals surface area (Å²) in [6, 6.07) is 0.292. The quantitative estimate of drug-likeness (QED) is 0.786. The van der Waals surface area contributed by atoms with E-state index in [9.17, 15) is 8.42 Å². The maximum absolute atomic E-state index is 12.2. The summed E-state index contributed by atoms with van der Waals surface area (Å²) in [6.45, 7) is 10.9. The van der Waals surface area contributed by atoms with Crippen molar-refractivity contribution in [1.29, 1.82) is 0 Å². The van der Waals surface area contributed by atoms with Crippen molar-refractivity contribution in [1.82, 2.24) is 14.5 Å². The number of nitrogens with one attached hydrogen (secondary N) is 1. The molecule has 1 atom stereocenters. The second-order valence-corrected chi connectivity index (χ2v) is 9.23. The third-order valence-electron chi connectivity index (χ3n) is 4.86. The SMILES string of the molecule is CC(C)C(CNS(=O)(=O)C1(C)CC1)N1CCN(C)CC1. The molecule has 6 heteroatoms. The minimum Gasteiger partial charge on any atom is -0.304 e. The average molecular weight is 303 g/mol. The summed E-state index contributed by atoms with van der Waals surface area (Å²) in [4.78, 5) is 4.76. The Morgan fingerprint density at radius 1 is 1.15 bits per heavy atom. The van der Waals surface area contributed by atoms with Gasteiger partial charge in [0.1, 0.15) is 0 Å². The third-order valence-corrected chi connectivity index (χ3v) is 7.11. The lowest BCUT2D eigenvalue weighted by Crippen LogP contribution is -2.54. The first-order valence-corrected chi connectivity index (χ1v) is 9.15. The number of sulfonamides is 1. The van der Waals surface area contributed by atoms with Gasteiger partial charge in [0.25, 0.3) is 0 Å². The summed E-state index contributed by atoms with van der Waals surface area (Å²) < 4.78 is 26.8. The van der Waals surface area contributed by atoms with Gasteiger partial charge in [0.05, 0.1) is 4.75 Å². The van der Waals surface area contributed by atoms with E-state index >= 15 is 0 Å². The van der Waals surface area contributed by atoms with Gasteiger partial charge in [-0.25, -0.2) is 13.1 Å². The van der Waals surface area contributed by atoms with Crippen LogP contribution in [0, 0.1) is 5.92 Å². The van der Waals surface area contributed by atoms with Crippen LogP contribution in [-0.2, 0) is 10.0 Å². The number of piperazine rings is 1. The molecule has 2 rings (SSSR count). The van der Waals surface area contributed by atoms with Crippen LogP contribution in [0.1, 0.15) is 33.6 Å². The van der Waals surface area contributed by atoms with Crippen LogP contribution in [0.15, 0.2) is 0 Å². The van der Waals surface area contributed by atoms with Gasteiger partial charge in [-0.2, -0.15) is 0 Å². The van der Waals surface area contributed by atoms with E-state index in [2.05, 4.69) is 35.4 Å². The molecule has 0 spiro atoms. The summed E-state index contributed by atoms with van der Waals surface area (Å²) in [5.74, 6) is 0.452. The molecular weight excluding hydrogens is 274 g/mol. The number of hydrogen-bond acceptors (Lipinski definition) is 4. The maximum Gasteiger partial charge on any atom is 0.217 e. The molecule has 2 aliphatic rings. The van der Waals surface area contributed by atoms with E-state index in [4.69, 9.17) is 0 Å². The monoisotopic (exact) mass is 303 g/mol. The van der Waals surface area contributed by atoms with Crippen molar-refractivity contribution in [3.63, 3.8) is 0 Å². The van der Waals surface area contributed by atoms with Crippen molar-refractivity contribution in [3.05, 3.63) is 0 Å². The molecule has 20 heavy (non-hydrogen) atoms. The molecule has 1 N–H and O–H groups in total. The molecule has 1 aliphatic carbocycles. The molecule has 0 aromatic carbocycles. The van der Waals surface area contributed by atoms with E-state index in [1.165, 1.54) is 0 Å². The Morgan fingerprint density at radius 2 is 1.70 bits per heavy atom. The van der Waals surface area contributed by atoms with Crippen LogP contribution >= 0.6 is 0 Å². The highest BCUT2D eigenvalue weighted by Gasteiger charge is 2.50. The molecule has 2 fully saturated rings. The lowest BCUT2D eigenvalue weighted by molar-refractivity contribution is 0.0904. The van der Waals surface area contributed by atoms with Crippen molar-refractivity contribution in [2.24, 2.45) is 5.92 Å². The molecule has 1 aliphatic heterocycles. The summed E-state index contributed by atoms with van der Waals surface area (Å²) >= 11 is 0. The van der Waals surface area contributed by atoms with Gasteiger partial charge < -0.3 is 4.90 Å². The van der Waals surface area contributed by atoms with Gasteiger partial charge in [-0.15, -0.1) is 0 Å². The highest BCUT2D eigenvalue weighted by molar-refractivity contribution is 7.91. The topological polar surface area (TPSA) is 52.7 Å². The van der Waals surface area contributed by atoms with E-state index in [1.807, 2.05) is 6.92 Å². The standard InChI is InChI=1S/C14H29N3O2S/c1-12(2)13(17-9-7-16(4)8-10-17)11-15-20(18,19)14(3)5-6-14/h12-13,15H,5-11H2,1-4H3. The predicted octanol–water partition coefficient (Wildman–Crippen LogP) is 0.730. The zero-order valence-corrected chi connectivity index (χ0v) is 14.0. The smallest absolute Gasteiger partial charge is 0.217 e. The molecule has 1 saturated heterocycles. The van der Waals surface area contributed by atoms with Crippen LogP contribution in [-0.4, -0.2) is 68.8 Å². The molecular formula is C14H29N3O2S. The van der Waals surface area contributed by atoms with E-state index in [0.29, 0.717) is 18.5 Å². The fraction of sp³-hybridized carbons (Fsp3) is 1.00. The zero-order chi connectivity index (χ0) is 15.0. The van der Waals surface area contributed by atoms with Crippen LogP contribution in [0.2, 0.25) is 0 Å². The Kier molecular flexibility index (Phi) is 4.79. The van der Waals surface area contributed by atoms with E-state index in [1.54, 1.807) is 0 Å². The van der Waals surface area contributed by atoms with Gasteiger partial charge in [0.2, 0.25) is 10.0 Å². The minimum atomic E-state index is -3.15. The number of hydrogen-bond donors (Lipinski definition) is 1. The molecule has 0 radical (unpaired) electrons. The fourth-order valence-corrected chi connectivity index (χ4v) is 4.13.